The molecule has 2 aromatic carbocycles. The van der Waals surface area contributed by atoms with E-state index in [0.717, 1.165) is 18.9 Å². The third-order valence-corrected chi connectivity index (χ3v) is 7.18. The summed E-state index contributed by atoms with van der Waals surface area (Å²) in [5.74, 6) is -1.06. The van der Waals surface area contributed by atoms with Gasteiger partial charge in [-0.15, -0.1) is 0 Å². The highest BCUT2D eigenvalue weighted by Crippen LogP contribution is 2.23. The Bertz CT molecular complexity index is 1110. The van der Waals surface area contributed by atoms with E-state index in [9.17, 15) is 22.4 Å². The van der Waals surface area contributed by atoms with Crippen LogP contribution in [0.25, 0.3) is 0 Å². The van der Waals surface area contributed by atoms with E-state index in [2.05, 4.69) is 4.72 Å². The third-order valence-electron chi connectivity index (χ3n) is 5.33. The zero-order valence-electron chi connectivity index (χ0n) is 16.6. The summed E-state index contributed by atoms with van der Waals surface area (Å²) in [4.78, 5) is 28.7. The van der Waals surface area contributed by atoms with Crippen LogP contribution in [0, 0.1) is 5.82 Å². The van der Waals surface area contributed by atoms with Crippen molar-refractivity contribution in [2.24, 2.45) is 0 Å². The number of nitrogens with zero attached hydrogens (tertiary/aromatic N) is 2. The number of amides is 2. The van der Waals surface area contributed by atoms with Crippen molar-refractivity contribution in [3.8, 4) is 0 Å². The molecule has 1 heterocycles. The molecule has 1 saturated carbocycles. The molecule has 0 bridgehead atoms. The molecular formula is C21H21ClFN3O4S. The Morgan fingerprint density at radius 2 is 1.52 bits per heavy atom. The molecule has 0 atom stereocenters. The molecular weight excluding hydrogens is 445 g/mol. The first-order chi connectivity index (χ1) is 14.7. The molecule has 2 aliphatic rings. The molecule has 1 aliphatic heterocycles. The van der Waals surface area contributed by atoms with Gasteiger partial charge in [-0.05, 0) is 55.3 Å². The summed E-state index contributed by atoms with van der Waals surface area (Å²) in [6.07, 6.45) is 1.69. The van der Waals surface area contributed by atoms with Gasteiger partial charge in [-0.2, -0.15) is 0 Å². The molecule has 1 aliphatic carbocycles. The summed E-state index contributed by atoms with van der Waals surface area (Å²) in [6, 6.07) is 9.49. The van der Waals surface area contributed by atoms with Crippen LogP contribution >= 0.6 is 11.6 Å². The van der Waals surface area contributed by atoms with E-state index in [4.69, 9.17) is 11.6 Å². The number of carbonyl (C=O) groups is 2. The van der Waals surface area contributed by atoms with E-state index in [0.29, 0.717) is 31.7 Å². The number of nitrogens with one attached hydrogen (secondary N) is 1. The van der Waals surface area contributed by atoms with Crippen LogP contribution in [0.4, 0.5) is 4.39 Å². The lowest BCUT2D eigenvalue weighted by molar-refractivity contribution is 0.0535. The monoisotopic (exact) mass is 465 g/mol. The summed E-state index contributed by atoms with van der Waals surface area (Å²) in [7, 11) is -3.57. The van der Waals surface area contributed by atoms with Gasteiger partial charge in [0, 0.05) is 37.8 Å². The lowest BCUT2D eigenvalue weighted by Gasteiger charge is -2.35. The molecule has 7 nitrogen and oxygen atoms in total. The fraction of sp³-hybridized carbons (Fsp3) is 0.333. The van der Waals surface area contributed by atoms with Crippen LogP contribution in [-0.4, -0.2) is 62.3 Å². The lowest BCUT2D eigenvalue weighted by Crippen LogP contribution is -2.50. The minimum Gasteiger partial charge on any atom is -0.335 e. The van der Waals surface area contributed by atoms with Crippen molar-refractivity contribution < 1.29 is 22.4 Å². The van der Waals surface area contributed by atoms with Gasteiger partial charge in [0.1, 0.15) is 5.82 Å². The van der Waals surface area contributed by atoms with Crippen LogP contribution in [0.5, 0.6) is 0 Å². The highest BCUT2D eigenvalue weighted by atomic mass is 35.5. The maximum atomic E-state index is 13.2. The molecule has 2 fully saturated rings. The van der Waals surface area contributed by atoms with Crippen molar-refractivity contribution in [3.05, 3.63) is 64.4 Å². The lowest BCUT2D eigenvalue weighted by atomic mass is 10.1. The van der Waals surface area contributed by atoms with Gasteiger partial charge in [0.25, 0.3) is 11.8 Å². The predicted octanol–water partition coefficient (Wildman–Crippen LogP) is 2.52. The van der Waals surface area contributed by atoms with E-state index in [1.165, 1.54) is 36.4 Å². The molecule has 1 saturated heterocycles. The molecule has 4 rings (SSSR count). The van der Waals surface area contributed by atoms with Gasteiger partial charge in [0.2, 0.25) is 10.0 Å². The summed E-state index contributed by atoms with van der Waals surface area (Å²) >= 11 is 5.98. The molecule has 0 aromatic heterocycles. The highest BCUT2D eigenvalue weighted by Gasteiger charge is 2.29. The summed E-state index contributed by atoms with van der Waals surface area (Å²) in [5, 5.41) is 0.0507. The molecule has 0 radical (unpaired) electrons. The second kappa shape index (κ2) is 8.57. The topological polar surface area (TPSA) is 86.8 Å². The number of hydrogen-bond donors (Lipinski definition) is 1. The van der Waals surface area contributed by atoms with Crippen LogP contribution in [-0.2, 0) is 10.0 Å². The number of halogens is 2. The van der Waals surface area contributed by atoms with E-state index in [-0.39, 0.29) is 33.3 Å². The average Bonchev–Trinajstić information content (AvgIpc) is 3.56. The predicted molar refractivity (Wildman–Crippen MR) is 113 cm³/mol. The van der Waals surface area contributed by atoms with Crippen molar-refractivity contribution in [2.75, 3.05) is 26.2 Å². The number of carbonyl (C=O) groups excluding carboxylic acids is 2. The Hall–Kier alpha value is -2.49. The minimum absolute atomic E-state index is 0.00936. The Morgan fingerprint density at radius 3 is 2.06 bits per heavy atom. The van der Waals surface area contributed by atoms with Crippen LogP contribution in [0.2, 0.25) is 5.02 Å². The smallest absolute Gasteiger partial charge is 0.255 e. The SMILES string of the molecule is O=C(c1ccc(S(=O)(=O)NC2CC2)cc1)N1CCN(C(=O)c2ccc(F)cc2Cl)CC1. The number of hydrogen-bond acceptors (Lipinski definition) is 4. The number of benzene rings is 2. The Morgan fingerprint density at radius 1 is 0.935 bits per heavy atom. The molecule has 0 spiro atoms. The Kier molecular flexibility index (Phi) is 6.00. The van der Waals surface area contributed by atoms with Gasteiger partial charge < -0.3 is 9.80 Å². The third kappa shape index (κ3) is 4.89. The molecule has 1 N–H and O–H groups in total. The molecule has 2 amide bonds. The zero-order chi connectivity index (χ0) is 22.2. The van der Waals surface area contributed by atoms with Gasteiger partial charge in [0.15, 0.2) is 0 Å². The van der Waals surface area contributed by atoms with Gasteiger partial charge in [-0.25, -0.2) is 17.5 Å². The maximum absolute atomic E-state index is 13.2. The highest BCUT2D eigenvalue weighted by molar-refractivity contribution is 7.89. The average molecular weight is 466 g/mol. The van der Waals surface area contributed by atoms with E-state index in [1.807, 2.05) is 0 Å². The van der Waals surface area contributed by atoms with Crippen molar-refractivity contribution >= 4 is 33.4 Å². The fourth-order valence-corrected chi connectivity index (χ4v) is 4.95. The number of rotatable bonds is 5. The molecule has 2 aromatic rings. The largest absolute Gasteiger partial charge is 0.335 e. The number of sulfonamides is 1. The summed E-state index contributed by atoms with van der Waals surface area (Å²) in [5.41, 5.74) is 0.603. The van der Waals surface area contributed by atoms with Crippen LogP contribution in [0.3, 0.4) is 0 Å². The molecule has 0 unspecified atom stereocenters. The molecule has 31 heavy (non-hydrogen) atoms. The first kappa shape index (κ1) is 21.7. The first-order valence-corrected chi connectivity index (χ1v) is 11.8. The van der Waals surface area contributed by atoms with E-state index in [1.54, 1.807) is 9.80 Å². The second-order valence-electron chi connectivity index (χ2n) is 7.63. The standard InChI is InChI=1S/C21H21ClFN3O4S/c22-19-13-15(23)3-8-18(19)21(28)26-11-9-25(10-12-26)20(27)14-1-6-17(7-2-14)31(29,30)24-16-4-5-16/h1-3,6-8,13,16,24H,4-5,9-12H2. The van der Waals surface area contributed by atoms with Crippen LogP contribution in [0.15, 0.2) is 47.4 Å². The summed E-state index contributed by atoms with van der Waals surface area (Å²) in [6.45, 7) is 1.28. The van der Waals surface area contributed by atoms with E-state index >= 15 is 0 Å². The van der Waals surface area contributed by atoms with Crippen LogP contribution in [0.1, 0.15) is 33.6 Å². The molecule has 10 heteroatoms. The first-order valence-electron chi connectivity index (χ1n) is 9.90. The zero-order valence-corrected chi connectivity index (χ0v) is 18.1. The molecule has 164 valence electrons. The van der Waals surface area contributed by atoms with Gasteiger partial charge in [-0.3, -0.25) is 9.59 Å². The second-order valence-corrected chi connectivity index (χ2v) is 9.75. The number of piperazine rings is 1. The Labute approximate surface area is 184 Å². The summed E-state index contributed by atoms with van der Waals surface area (Å²) < 4.78 is 40.3. The normalized spacial score (nSPS) is 17.0. The fourth-order valence-electron chi connectivity index (χ4n) is 3.39. The van der Waals surface area contributed by atoms with Gasteiger partial charge >= 0.3 is 0 Å². The quantitative estimate of drug-likeness (QED) is 0.735. The van der Waals surface area contributed by atoms with E-state index < -0.39 is 15.8 Å². The van der Waals surface area contributed by atoms with Gasteiger partial charge in [0.05, 0.1) is 15.5 Å². The van der Waals surface area contributed by atoms with Crippen LogP contribution < -0.4 is 4.72 Å². The maximum Gasteiger partial charge on any atom is 0.255 e. The van der Waals surface area contributed by atoms with Crippen molar-refractivity contribution in [1.82, 2.24) is 14.5 Å². The van der Waals surface area contributed by atoms with Gasteiger partial charge in [-0.1, -0.05) is 11.6 Å². The minimum atomic E-state index is -3.57. The Balaban J connectivity index is 1.37. The van der Waals surface area contributed by atoms with Crippen molar-refractivity contribution in [3.63, 3.8) is 0 Å². The van der Waals surface area contributed by atoms with Crippen molar-refractivity contribution in [1.29, 1.82) is 0 Å². The van der Waals surface area contributed by atoms with Crippen molar-refractivity contribution in [2.45, 2.75) is 23.8 Å².